The van der Waals surface area contributed by atoms with Gasteiger partial charge < -0.3 is 5.11 Å². The van der Waals surface area contributed by atoms with Crippen LogP contribution in [0.3, 0.4) is 0 Å². The van der Waals surface area contributed by atoms with Gasteiger partial charge in [-0.15, -0.1) is 0 Å². The minimum absolute atomic E-state index is 0.127. The minimum Gasteiger partial charge on any atom is -0.481 e. The normalized spacial score (nSPS) is 9.92. The molecule has 0 saturated carbocycles. The van der Waals surface area contributed by atoms with Crippen LogP contribution < -0.4 is 0 Å². The van der Waals surface area contributed by atoms with Crippen molar-refractivity contribution in [2.45, 2.75) is 6.42 Å². The Bertz CT molecular complexity index is 351. The van der Waals surface area contributed by atoms with Crippen molar-refractivity contribution in [3.63, 3.8) is 0 Å². The third kappa shape index (κ3) is 3.04. The van der Waals surface area contributed by atoms with Gasteiger partial charge in [0, 0.05) is 5.02 Å². The second-order valence-corrected chi connectivity index (χ2v) is 4.42. The second-order valence-electron chi connectivity index (χ2n) is 2.38. The molecule has 0 bridgehead atoms. The zero-order valence-corrected chi connectivity index (χ0v) is 9.37. The number of carbonyl (C=O) groups is 1. The molecule has 0 atom stereocenters. The zero-order valence-electron chi connectivity index (χ0n) is 6.46. The zero-order chi connectivity index (χ0) is 9.84. The van der Waals surface area contributed by atoms with Gasteiger partial charge in [-0.3, -0.25) is 7.86 Å². The molecule has 0 aliphatic rings. The van der Waals surface area contributed by atoms with Crippen LogP contribution in [-0.2, 0) is 14.3 Å². The van der Waals surface area contributed by atoms with E-state index in [1.54, 1.807) is 18.2 Å². The van der Waals surface area contributed by atoms with Gasteiger partial charge >= 0.3 is 5.97 Å². The maximum Gasteiger partial charge on any atom is 0.307 e. The van der Waals surface area contributed by atoms with Crippen molar-refractivity contribution in [3.8, 4) is 0 Å². The highest BCUT2D eigenvalue weighted by Crippen LogP contribution is 2.20. The fourth-order valence-electron chi connectivity index (χ4n) is 0.917. The summed E-state index contributed by atoms with van der Waals surface area (Å²) in [5.41, 5.74) is 0.544. The van der Waals surface area contributed by atoms with Crippen LogP contribution in [0.2, 0.25) is 5.02 Å². The predicted molar refractivity (Wildman–Crippen MR) is 56.2 cm³/mol. The Balaban J connectivity index is 3.07. The minimum atomic E-state index is -1.33. The van der Waals surface area contributed by atoms with Crippen LogP contribution in [0.1, 0.15) is 5.56 Å². The van der Waals surface area contributed by atoms with E-state index < -0.39 is 27.2 Å². The van der Waals surface area contributed by atoms with E-state index in [1.165, 1.54) is 0 Å². The number of hydrogen-bond acceptors (Lipinski definition) is 2. The largest absolute Gasteiger partial charge is 0.481 e. The summed E-state index contributed by atoms with van der Waals surface area (Å²) in [7, 11) is 0. The van der Waals surface area contributed by atoms with Crippen LogP contribution in [0.25, 0.3) is 0 Å². The van der Waals surface area contributed by atoms with E-state index in [1.807, 2.05) is 0 Å². The molecule has 5 heteroatoms. The van der Waals surface area contributed by atoms with Gasteiger partial charge in [0.2, 0.25) is 0 Å². The Morgan fingerprint density at radius 3 is 2.77 bits per heavy atom. The van der Waals surface area contributed by atoms with Crippen LogP contribution in [0.5, 0.6) is 0 Å². The Hall–Kier alpha value is -0.490. The van der Waals surface area contributed by atoms with Gasteiger partial charge in [0.1, 0.15) is 0 Å². The molecule has 0 saturated heterocycles. The molecule has 13 heavy (non-hydrogen) atoms. The second kappa shape index (κ2) is 4.66. The van der Waals surface area contributed by atoms with Crippen LogP contribution in [-0.4, -0.2) is 11.1 Å². The van der Waals surface area contributed by atoms with E-state index >= 15 is 0 Å². The third-order valence-electron chi connectivity index (χ3n) is 1.43. The highest BCUT2D eigenvalue weighted by molar-refractivity contribution is 14.1. The van der Waals surface area contributed by atoms with Crippen LogP contribution >= 0.6 is 32.8 Å². The molecule has 0 radical (unpaired) electrons. The summed E-state index contributed by atoms with van der Waals surface area (Å²) >= 11 is 4.35. The quantitative estimate of drug-likeness (QED) is 0.872. The molecule has 0 heterocycles. The molecule has 0 fully saturated rings. The van der Waals surface area contributed by atoms with Gasteiger partial charge in [0.25, 0.3) is 0 Å². The number of aliphatic carboxylic acids is 1. The molecule has 0 unspecified atom stereocenters. The van der Waals surface area contributed by atoms with Crippen LogP contribution in [0.15, 0.2) is 18.2 Å². The highest BCUT2D eigenvalue weighted by Gasteiger charge is 2.07. The Labute approximate surface area is 90.4 Å². The van der Waals surface area contributed by atoms with E-state index in [-0.39, 0.29) is 6.42 Å². The summed E-state index contributed by atoms with van der Waals surface area (Å²) in [6, 6.07) is 4.77. The number of carboxylic acids is 1. The summed E-state index contributed by atoms with van der Waals surface area (Å²) in [6.07, 6.45) is -0.127. The topological polar surface area (TPSA) is 54.4 Å². The summed E-state index contributed by atoms with van der Waals surface area (Å²) in [5, 5.41) is 9.01. The Morgan fingerprint density at radius 2 is 2.23 bits per heavy atom. The molecule has 1 N–H and O–H groups in total. The molecule has 1 aromatic rings. The van der Waals surface area contributed by atoms with E-state index in [9.17, 15) is 7.86 Å². The van der Waals surface area contributed by atoms with Gasteiger partial charge in [-0.2, -0.15) is 0 Å². The van der Waals surface area contributed by atoms with E-state index in [2.05, 4.69) is 0 Å². The summed E-state index contributed by atoms with van der Waals surface area (Å²) in [6.45, 7) is 0. The van der Waals surface area contributed by atoms with Crippen molar-refractivity contribution in [3.05, 3.63) is 32.4 Å². The lowest BCUT2D eigenvalue weighted by atomic mass is 10.2. The number of halogens is 2. The van der Waals surface area contributed by atoms with Gasteiger partial charge in [0.15, 0.2) is 21.2 Å². The summed E-state index contributed by atoms with van der Waals surface area (Å²) in [4.78, 5) is 10.4. The number of carboxylic acid groups (broad SMARTS) is 1. The molecule has 0 aliphatic heterocycles. The average Bonchev–Trinajstić information content (AvgIpc) is 2.03. The molecule has 0 spiro atoms. The van der Waals surface area contributed by atoms with E-state index in [0.717, 1.165) is 0 Å². The third-order valence-corrected chi connectivity index (χ3v) is 3.19. The van der Waals surface area contributed by atoms with Crippen molar-refractivity contribution in [2.75, 3.05) is 0 Å². The molecule has 1 rings (SSSR count). The molecule has 3 nitrogen and oxygen atoms in total. The number of benzene rings is 1. The first-order chi connectivity index (χ1) is 6.13. The first-order valence-corrected chi connectivity index (χ1v) is 5.74. The monoisotopic (exact) mass is 312 g/mol. The van der Waals surface area contributed by atoms with Crippen molar-refractivity contribution < 1.29 is 13.0 Å². The lowest BCUT2D eigenvalue weighted by Crippen LogP contribution is -2.01. The van der Waals surface area contributed by atoms with E-state index in [0.29, 0.717) is 14.2 Å². The smallest absolute Gasteiger partial charge is 0.307 e. The SMILES string of the molecule is O=Ic1ccc(Cl)cc1CC(=O)O. The molecular formula is C8H6ClIO3. The molecule has 70 valence electrons. The first kappa shape index (κ1) is 10.6. The summed E-state index contributed by atoms with van der Waals surface area (Å²) in [5.74, 6) is -0.944. The van der Waals surface area contributed by atoms with Crippen molar-refractivity contribution in [1.82, 2.24) is 0 Å². The fourth-order valence-corrected chi connectivity index (χ4v) is 2.07. The first-order valence-electron chi connectivity index (χ1n) is 3.41. The van der Waals surface area contributed by atoms with Crippen molar-refractivity contribution in [1.29, 1.82) is 0 Å². The molecular weight excluding hydrogens is 306 g/mol. The highest BCUT2D eigenvalue weighted by atomic mass is 127. The number of rotatable bonds is 3. The van der Waals surface area contributed by atoms with Crippen molar-refractivity contribution >= 4 is 38.8 Å². The summed E-state index contributed by atoms with van der Waals surface area (Å²) < 4.78 is 11.3. The van der Waals surface area contributed by atoms with E-state index in [4.69, 9.17) is 16.7 Å². The lowest BCUT2D eigenvalue weighted by Gasteiger charge is -2.00. The predicted octanol–water partition coefficient (Wildman–Crippen LogP) is 2.45. The van der Waals surface area contributed by atoms with Crippen LogP contribution in [0, 0.1) is 3.57 Å². The van der Waals surface area contributed by atoms with Gasteiger partial charge in [-0.05, 0) is 23.8 Å². The lowest BCUT2D eigenvalue weighted by molar-refractivity contribution is -0.136. The Kier molecular flexibility index (Phi) is 3.80. The Morgan fingerprint density at radius 1 is 1.54 bits per heavy atom. The molecule has 0 aliphatic carbocycles. The standard InChI is InChI=1S/C8H6ClIO3/c9-6-1-2-7(10-13)5(3-6)4-8(11)12/h1-3H,4H2,(H,11,12). The fraction of sp³-hybridized carbons (Fsp3) is 0.125. The average molecular weight is 312 g/mol. The molecule has 1 aromatic carbocycles. The van der Waals surface area contributed by atoms with Gasteiger partial charge in [0.05, 0.1) is 9.99 Å². The maximum absolute atomic E-state index is 10.7. The molecule has 0 aromatic heterocycles. The molecule has 0 amide bonds. The van der Waals surface area contributed by atoms with Crippen molar-refractivity contribution in [2.24, 2.45) is 0 Å². The van der Waals surface area contributed by atoms with Gasteiger partial charge in [-0.25, -0.2) is 0 Å². The maximum atomic E-state index is 10.7. The van der Waals surface area contributed by atoms with Gasteiger partial charge in [-0.1, -0.05) is 11.6 Å². The number of hydrogen-bond donors (Lipinski definition) is 1. The van der Waals surface area contributed by atoms with Crippen LogP contribution in [0.4, 0.5) is 0 Å².